The summed E-state index contributed by atoms with van der Waals surface area (Å²) in [6.07, 6.45) is 5.86. The van der Waals surface area contributed by atoms with E-state index >= 15 is 0 Å². The van der Waals surface area contributed by atoms with Crippen LogP contribution in [0.3, 0.4) is 0 Å². The van der Waals surface area contributed by atoms with Gasteiger partial charge in [-0.05, 0) is 46.1 Å². The summed E-state index contributed by atoms with van der Waals surface area (Å²) < 4.78 is 0. The fourth-order valence-corrected chi connectivity index (χ4v) is 2.38. The molecule has 0 radical (unpaired) electrons. The van der Waals surface area contributed by atoms with Gasteiger partial charge in [0.2, 0.25) is 0 Å². The predicted molar refractivity (Wildman–Crippen MR) is 59.0 cm³/mol. The summed E-state index contributed by atoms with van der Waals surface area (Å²) in [5.41, 5.74) is 0.358. The third-order valence-electron chi connectivity index (χ3n) is 3.28. The van der Waals surface area contributed by atoms with Crippen molar-refractivity contribution >= 4 is 0 Å². The van der Waals surface area contributed by atoms with E-state index in [1.165, 1.54) is 38.8 Å². The molecule has 0 heterocycles. The minimum absolute atomic E-state index is 0.358. The molecule has 0 amide bonds. The molecule has 1 heteroatoms. The fourth-order valence-electron chi connectivity index (χ4n) is 2.38. The van der Waals surface area contributed by atoms with Crippen LogP contribution < -0.4 is 0 Å². The number of nitrogens with zero attached hydrogens (tertiary/aromatic N) is 1. The van der Waals surface area contributed by atoms with Crippen molar-refractivity contribution in [1.29, 1.82) is 0 Å². The van der Waals surface area contributed by atoms with E-state index in [2.05, 4.69) is 32.6 Å². The second-order valence-electron chi connectivity index (χ2n) is 5.36. The van der Waals surface area contributed by atoms with Crippen molar-refractivity contribution in [1.82, 2.24) is 4.90 Å². The van der Waals surface area contributed by atoms with Gasteiger partial charge in [-0.25, -0.2) is 0 Å². The molecule has 0 N–H and O–H groups in total. The second-order valence-corrected chi connectivity index (χ2v) is 5.36. The molecule has 0 unspecified atom stereocenters. The van der Waals surface area contributed by atoms with Crippen LogP contribution in [0, 0.1) is 5.92 Å². The van der Waals surface area contributed by atoms with E-state index in [1.54, 1.807) is 0 Å². The third kappa shape index (κ3) is 3.30. The topological polar surface area (TPSA) is 3.24 Å². The molecule has 0 atom stereocenters. The van der Waals surface area contributed by atoms with Crippen molar-refractivity contribution in [2.24, 2.45) is 5.92 Å². The van der Waals surface area contributed by atoms with E-state index in [-0.39, 0.29) is 0 Å². The lowest BCUT2D eigenvalue weighted by atomic mass is 10.0. The molecule has 0 aromatic carbocycles. The van der Waals surface area contributed by atoms with Crippen molar-refractivity contribution in [3.05, 3.63) is 0 Å². The molecule has 1 aliphatic carbocycles. The molecule has 0 aromatic rings. The number of hydrogen-bond donors (Lipinski definition) is 0. The summed E-state index contributed by atoms with van der Waals surface area (Å²) in [6, 6.07) is 0. The molecule has 0 spiro atoms. The van der Waals surface area contributed by atoms with Crippen LogP contribution in [0.1, 0.15) is 53.4 Å². The summed E-state index contributed by atoms with van der Waals surface area (Å²) >= 11 is 0. The minimum atomic E-state index is 0.358. The average molecular weight is 183 g/mol. The standard InChI is InChI=1S/C12H25N/c1-5-13(12(2,3)4)10-11-8-6-7-9-11/h11H,5-10H2,1-4H3. The van der Waals surface area contributed by atoms with Crippen molar-refractivity contribution in [2.45, 2.75) is 58.9 Å². The van der Waals surface area contributed by atoms with Gasteiger partial charge in [0, 0.05) is 12.1 Å². The largest absolute Gasteiger partial charge is 0.298 e. The van der Waals surface area contributed by atoms with E-state index in [9.17, 15) is 0 Å². The predicted octanol–water partition coefficient (Wildman–Crippen LogP) is 3.30. The zero-order valence-corrected chi connectivity index (χ0v) is 9.77. The van der Waals surface area contributed by atoms with Crippen LogP contribution in [0.2, 0.25) is 0 Å². The molecule has 78 valence electrons. The van der Waals surface area contributed by atoms with Crippen molar-refractivity contribution < 1.29 is 0 Å². The van der Waals surface area contributed by atoms with Crippen LogP contribution in [-0.2, 0) is 0 Å². The molecule has 0 aromatic heterocycles. The van der Waals surface area contributed by atoms with Gasteiger partial charge in [-0.1, -0.05) is 19.8 Å². The lowest BCUT2D eigenvalue weighted by Gasteiger charge is -2.36. The number of rotatable bonds is 3. The van der Waals surface area contributed by atoms with Crippen LogP contribution in [0.5, 0.6) is 0 Å². The van der Waals surface area contributed by atoms with Gasteiger partial charge in [0.05, 0.1) is 0 Å². The molecular weight excluding hydrogens is 158 g/mol. The van der Waals surface area contributed by atoms with Gasteiger partial charge in [0.25, 0.3) is 0 Å². The Labute approximate surface area is 83.5 Å². The van der Waals surface area contributed by atoms with Crippen LogP contribution in [0.15, 0.2) is 0 Å². The minimum Gasteiger partial charge on any atom is -0.298 e. The monoisotopic (exact) mass is 183 g/mol. The van der Waals surface area contributed by atoms with Crippen molar-refractivity contribution in [3.63, 3.8) is 0 Å². The Hall–Kier alpha value is -0.0400. The van der Waals surface area contributed by atoms with E-state index < -0.39 is 0 Å². The Bertz CT molecular complexity index is 140. The molecule has 0 saturated heterocycles. The Morgan fingerprint density at radius 2 is 1.69 bits per heavy atom. The quantitative estimate of drug-likeness (QED) is 0.649. The van der Waals surface area contributed by atoms with Crippen LogP contribution in [0.4, 0.5) is 0 Å². The molecule has 0 aliphatic heterocycles. The summed E-state index contributed by atoms with van der Waals surface area (Å²) in [6.45, 7) is 11.8. The lowest BCUT2D eigenvalue weighted by Crippen LogP contribution is -2.43. The second kappa shape index (κ2) is 4.45. The molecule has 0 bridgehead atoms. The molecular formula is C12H25N. The first-order chi connectivity index (χ1) is 6.04. The van der Waals surface area contributed by atoms with Crippen LogP contribution in [-0.4, -0.2) is 23.5 Å². The Balaban J connectivity index is 2.39. The highest BCUT2D eigenvalue weighted by molar-refractivity contribution is 4.79. The first kappa shape index (κ1) is 11.0. The fraction of sp³-hybridized carbons (Fsp3) is 1.00. The summed E-state index contributed by atoms with van der Waals surface area (Å²) in [4.78, 5) is 2.61. The number of hydrogen-bond acceptors (Lipinski definition) is 1. The molecule has 13 heavy (non-hydrogen) atoms. The maximum absolute atomic E-state index is 2.61. The smallest absolute Gasteiger partial charge is 0.0125 e. The third-order valence-corrected chi connectivity index (χ3v) is 3.28. The first-order valence-corrected chi connectivity index (χ1v) is 5.79. The molecule has 1 nitrogen and oxygen atoms in total. The van der Waals surface area contributed by atoms with E-state index in [0.29, 0.717) is 5.54 Å². The van der Waals surface area contributed by atoms with Gasteiger partial charge in [-0.2, -0.15) is 0 Å². The zero-order valence-electron chi connectivity index (χ0n) is 9.77. The summed E-state index contributed by atoms with van der Waals surface area (Å²) in [5, 5.41) is 0. The molecule has 1 rings (SSSR count). The highest BCUT2D eigenvalue weighted by Crippen LogP contribution is 2.27. The SMILES string of the molecule is CCN(CC1CCCC1)C(C)(C)C. The maximum atomic E-state index is 2.61. The molecule has 1 saturated carbocycles. The van der Waals surface area contributed by atoms with Crippen LogP contribution >= 0.6 is 0 Å². The van der Waals surface area contributed by atoms with Gasteiger partial charge in [-0.3, -0.25) is 4.90 Å². The highest BCUT2D eigenvalue weighted by Gasteiger charge is 2.24. The zero-order chi connectivity index (χ0) is 9.90. The van der Waals surface area contributed by atoms with E-state index in [0.717, 1.165) is 5.92 Å². The van der Waals surface area contributed by atoms with Gasteiger partial charge in [0.1, 0.15) is 0 Å². The molecule has 1 fully saturated rings. The first-order valence-electron chi connectivity index (χ1n) is 5.79. The normalized spacial score (nSPS) is 20.1. The van der Waals surface area contributed by atoms with Gasteiger partial charge < -0.3 is 0 Å². The lowest BCUT2D eigenvalue weighted by molar-refractivity contribution is 0.121. The van der Waals surface area contributed by atoms with Gasteiger partial charge in [-0.15, -0.1) is 0 Å². The Kier molecular flexibility index (Phi) is 3.78. The van der Waals surface area contributed by atoms with E-state index in [4.69, 9.17) is 0 Å². The highest BCUT2D eigenvalue weighted by atomic mass is 15.2. The Morgan fingerprint density at radius 1 is 1.15 bits per heavy atom. The van der Waals surface area contributed by atoms with Crippen LogP contribution in [0.25, 0.3) is 0 Å². The Morgan fingerprint density at radius 3 is 2.08 bits per heavy atom. The van der Waals surface area contributed by atoms with Crippen molar-refractivity contribution in [3.8, 4) is 0 Å². The molecule has 1 aliphatic rings. The van der Waals surface area contributed by atoms with Gasteiger partial charge in [0.15, 0.2) is 0 Å². The maximum Gasteiger partial charge on any atom is 0.0125 e. The van der Waals surface area contributed by atoms with Gasteiger partial charge >= 0.3 is 0 Å². The van der Waals surface area contributed by atoms with E-state index in [1.807, 2.05) is 0 Å². The summed E-state index contributed by atoms with van der Waals surface area (Å²) in [7, 11) is 0. The summed E-state index contributed by atoms with van der Waals surface area (Å²) in [5.74, 6) is 0.985. The average Bonchev–Trinajstić information content (AvgIpc) is 2.49. The van der Waals surface area contributed by atoms with Crippen molar-refractivity contribution in [2.75, 3.05) is 13.1 Å².